The molecule has 0 aliphatic carbocycles. The van der Waals surface area contributed by atoms with Crippen molar-refractivity contribution in [2.24, 2.45) is 0 Å². The highest BCUT2D eigenvalue weighted by Gasteiger charge is 2.31. The Hall–Kier alpha value is -2.36. The van der Waals surface area contributed by atoms with Gasteiger partial charge in [0.2, 0.25) is 0 Å². The monoisotopic (exact) mass is 563 g/mol. The first kappa shape index (κ1) is 26.2. The molecule has 6 nitrogen and oxygen atoms in total. The minimum atomic E-state index is -0.255. The molecule has 0 unspecified atom stereocenters. The number of nitrogens with zero attached hydrogens (tertiary/aromatic N) is 1. The Balaban J connectivity index is 1.67. The third kappa shape index (κ3) is 7.07. The summed E-state index contributed by atoms with van der Waals surface area (Å²) >= 11 is 10.2. The van der Waals surface area contributed by atoms with Gasteiger partial charge in [-0.25, -0.2) is 0 Å². The largest absolute Gasteiger partial charge is 0.493 e. The molecule has 1 heterocycles. The molecule has 2 aromatic carbocycles. The van der Waals surface area contributed by atoms with Gasteiger partial charge in [0.1, 0.15) is 10.9 Å². The molecule has 1 aliphatic heterocycles. The number of hydrogen-bond donors (Lipinski definition) is 0. The lowest BCUT2D eigenvalue weighted by molar-refractivity contribution is -0.144. The van der Waals surface area contributed by atoms with Gasteiger partial charge in [0.05, 0.1) is 23.1 Å². The molecule has 0 saturated carbocycles. The Morgan fingerprint density at radius 3 is 2.71 bits per heavy atom. The van der Waals surface area contributed by atoms with Gasteiger partial charge in [0.25, 0.3) is 5.91 Å². The van der Waals surface area contributed by atoms with Gasteiger partial charge in [0, 0.05) is 13.0 Å². The van der Waals surface area contributed by atoms with Crippen LogP contribution < -0.4 is 9.47 Å². The van der Waals surface area contributed by atoms with Crippen LogP contribution in [0.4, 0.5) is 0 Å². The van der Waals surface area contributed by atoms with Crippen LogP contribution in [-0.4, -0.2) is 41.4 Å². The molecule has 180 valence electrons. The number of carbonyl (C=O) groups is 2. The number of rotatable bonds is 11. The average Bonchev–Trinajstić information content (AvgIpc) is 3.09. The SMILES string of the molecule is CCCOC(=O)CCCN1C(=O)/C(=C/c2cc(Br)c(OCc3ccccc3)c(OC)c2)SC1=S. The minimum absolute atomic E-state index is 0.170. The number of ether oxygens (including phenoxy) is 3. The Morgan fingerprint density at radius 2 is 2.00 bits per heavy atom. The zero-order valence-corrected chi connectivity index (χ0v) is 22.3. The van der Waals surface area contributed by atoms with Crippen LogP contribution in [0.15, 0.2) is 51.8 Å². The maximum atomic E-state index is 12.9. The van der Waals surface area contributed by atoms with Crippen LogP contribution >= 0.6 is 39.9 Å². The molecule has 0 spiro atoms. The summed E-state index contributed by atoms with van der Waals surface area (Å²) in [4.78, 5) is 26.6. The van der Waals surface area contributed by atoms with Crippen molar-refractivity contribution in [3.8, 4) is 11.5 Å². The van der Waals surface area contributed by atoms with Gasteiger partial charge in [-0.05, 0) is 58.1 Å². The van der Waals surface area contributed by atoms with Gasteiger partial charge < -0.3 is 14.2 Å². The Morgan fingerprint density at radius 1 is 1.24 bits per heavy atom. The highest BCUT2D eigenvalue weighted by molar-refractivity contribution is 9.10. The van der Waals surface area contributed by atoms with Crippen molar-refractivity contribution in [2.45, 2.75) is 32.8 Å². The van der Waals surface area contributed by atoms with Gasteiger partial charge in [-0.1, -0.05) is 61.2 Å². The van der Waals surface area contributed by atoms with Gasteiger partial charge in [-0.2, -0.15) is 0 Å². The minimum Gasteiger partial charge on any atom is -0.493 e. The second-order valence-electron chi connectivity index (χ2n) is 7.47. The molecule has 0 aromatic heterocycles. The highest BCUT2D eigenvalue weighted by atomic mass is 79.9. The summed E-state index contributed by atoms with van der Waals surface area (Å²) < 4.78 is 17.8. The van der Waals surface area contributed by atoms with Crippen LogP contribution in [0.2, 0.25) is 0 Å². The predicted octanol–water partition coefficient (Wildman–Crippen LogP) is 5.97. The van der Waals surface area contributed by atoms with E-state index in [-0.39, 0.29) is 18.3 Å². The summed E-state index contributed by atoms with van der Waals surface area (Å²) in [7, 11) is 1.58. The van der Waals surface area contributed by atoms with E-state index in [1.807, 2.05) is 49.4 Å². The standard InChI is InChI=1S/C25H26BrNO5S2/c1-3-12-31-22(28)10-7-11-27-24(29)21(34-25(27)33)15-18-13-19(26)23(20(14-18)30-2)32-16-17-8-5-4-6-9-17/h4-6,8-9,13-15H,3,7,10-12,16H2,1-2H3/b21-15-. The van der Waals surface area contributed by atoms with E-state index in [2.05, 4.69) is 15.9 Å². The number of thioether (sulfide) groups is 1. The quantitative estimate of drug-likeness (QED) is 0.189. The summed E-state index contributed by atoms with van der Waals surface area (Å²) in [5.74, 6) is 0.717. The molecular formula is C25H26BrNO5S2. The zero-order valence-electron chi connectivity index (χ0n) is 19.0. The molecule has 3 rings (SSSR count). The number of esters is 1. The second kappa shape index (κ2) is 12.9. The van der Waals surface area contributed by atoms with E-state index in [1.54, 1.807) is 13.2 Å². The average molecular weight is 565 g/mol. The molecule has 0 N–H and O–H groups in total. The summed E-state index contributed by atoms with van der Waals surface area (Å²) in [5.41, 5.74) is 1.82. The number of hydrogen-bond acceptors (Lipinski definition) is 7. The fourth-order valence-corrected chi connectivity index (χ4v) is 5.09. The smallest absolute Gasteiger partial charge is 0.305 e. The van der Waals surface area contributed by atoms with Crippen LogP contribution in [0.1, 0.15) is 37.3 Å². The zero-order chi connectivity index (χ0) is 24.5. The lowest BCUT2D eigenvalue weighted by Crippen LogP contribution is -2.29. The number of thiocarbonyl (C=S) groups is 1. The van der Waals surface area contributed by atoms with Gasteiger partial charge in [-0.15, -0.1) is 0 Å². The van der Waals surface area contributed by atoms with Crippen molar-refractivity contribution in [2.75, 3.05) is 20.3 Å². The van der Waals surface area contributed by atoms with E-state index in [4.69, 9.17) is 26.4 Å². The molecule has 1 fully saturated rings. The Labute approximate surface area is 217 Å². The Bertz CT molecular complexity index is 1070. The van der Waals surface area contributed by atoms with Crippen molar-refractivity contribution < 1.29 is 23.8 Å². The molecule has 0 atom stereocenters. The first-order valence-corrected chi connectivity index (χ1v) is 12.9. The first-order valence-electron chi connectivity index (χ1n) is 10.9. The molecule has 34 heavy (non-hydrogen) atoms. The topological polar surface area (TPSA) is 65.1 Å². The molecule has 2 aromatic rings. The highest BCUT2D eigenvalue weighted by Crippen LogP contribution is 2.39. The predicted molar refractivity (Wildman–Crippen MR) is 142 cm³/mol. The van der Waals surface area contributed by atoms with Crippen molar-refractivity contribution in [1.82, 2.24) is 4.90 Å². The van der Waals surface area contributed by atoms with Crippen molar-refractivity contribution >= 4 is 62.2 Å². The first-order chi connectivity index (χ1) is 16.4. The number of halogens is 1. The van der Waals surface area contributed by atoms with Gasteiger partial charge in [-0.3, -0.25) is 14.5 Å². The fourth-order valence-electron chi connectivity index (χ4n) is 3.21. The van der Waals surface area contributed by atoms with Crippen LogP contribution in [0.5, 0.6) is 11.5 Å². The molecule has 1 amide bonds. The third-order valence-electron chi connectivity index (χ3n) is 4.88. The summed E-state index contributed by atoms with van der Waals surface area (Å²) in [6.07, 6.45) is 3.31. The Kier molecular flexibility index (Phi) is 9.98. The van der Waals surface area contributed by atoms with E-state index in [0.717, 1.165) is 22.0 Å². The maximum Gasteiger partial charge on any atom is 0.305 e. The maximum absolute atomic E-state index is 12.9. The number of amides is 1. The van der Waals surface area contributed by atoms with E-state index in [0.29, 0.717) is 46.9 Å². The van der Waals surface area contributed by atoms with Crippen LogP contribution in [-0.2, 0) is 20.9 Å². The van der Waals surface area contributed by atoms with Gasteiger partial charge in [0.15, 0.2) is 11.5 Å². The molecule has 1 aliphatic rings. The normalized spacial score (nSPS) is 14.6. The fraction of sp³-hybridized carbons (Fsp3) is 0.320. The van der Waals surface area contributed by atoms with E-state index in [1.165, 1.54) is 16.7 Å². The van der Waals surface area contributed by atoms with Crippen LogP contribution in [0, 0.1) is 0 Å². The number of carbonyl (C=O) groups excluding carboxylic acids is 2. The third-order valence-corrected chi connectivity index (χ3v) is 6.85. The molecule has 0 bridgehead atoms. The molecule has 1 saturated heterocycles. The van der Waals surface area contributed by atoms with Crippen LogP contribution in [0.3, 0.4) is 0 Å². The van der Waals surface area contributed by atoms with Crippen molar-refractivity contribution in [3.63, 3.8) is 0 Å². The van der Waals surface area contributed by atoms with E-state index >= 15 is 0 Å². The number of methoxy groups -OCH3 is 1. The molecule has 0 radical (unpaired) electrons. The van der Waals surface area contributed by atoms with Crippen molar-refractivity contribution in [3.05, 3.63) is 63.0 Å². The van der Waals surface area contributed by atoms with Gasteiger partial charge >= 0.3 is 5.97 Å². The molecular weight excluding hydrogens is 538 g/mol. The van der Waals surface area contributed by atoms with E-state index in [9.17, 15) is 9.59 Å². The lowest BCUT2D eigenvalue weighted by Gasteiger charge is -2.14. The summed E-state index contributed by atoms with van der Waals surface area (Å²) in [5, 5.41) is 0. The molecule has 9 heteroatoms. The lowest BCUT2D eigenvalue weighted by atomic mass is 10.1. The van der Waals surface area contributed by atoms with Crippen LogP contribution in [0.25, 0.3) is 6.08 Å². The van der Waals surface area contributed by atoms with E-state index < -0.39 is 0 Å². The van der Waals surface area contributed by atoms with Crippen molar-refractivity contribution in [1.29, 1.82) is 0 Å². The second-order valence-corrected chi connectivity index (χ2v) is 10.00. The summed E-state index contributed by atoms with van der Waals surface area (Å²) in [6, 6.07) is 13.6. The summed E-state index contributed by atoms with van der Waals surface area (Å²) in [6.45, 7) is 3.14. The number of benzene rings is 2.